The molecule has 1 aromatic carbocycles. The average molecular weight is 411 g/mol. The molecule has 3 rings (SSSR count). The lowest BCUT2D eigenvalue weighted by Gasteiger charge is -2.19. The Labute approximate surface area is 171 Å². The van der Waals surface area contributed by atoms with Crippen LogP contribution in [0.4, 0.5) is 11.5 Å². The summed E-state index contributed by atoms with van der Waals surface area (Å²) in [5, 5.41) is 26.9. The van der Waals surface area contributed by atoms with E-state index < -0.39 is 16.9 Å². The molecule has 0 bridgehead atoms. The first-order chi connectivity index (χ1) is 14.3. The number of nitrogens with zero attached hydrogens (tertiary/aromatic N) is 4. The van der Waals surface area contributed by atoms with E-state index in [-0.39, 0.29) is 23.2 Å². The van der Waals surface area contributed by atoms with E-state index in [0.29, 0.717) is 17.9 Å². The van der Waals surface area contributed by atoms with Crippen LogP contribution in [0, 0.1) is 16.0 Å². The summed E-state index contributed by atoms with van der Waals surface area (Å²) in [6.07, 6.45) is 3.46. The largest absolute Gasteiger partial charge is 0.339 e. The predicted molar refractivity (Wildman–Crippen MR) is 108 cm³/mol. The Morgan fingerprint density at radius 2 is 2.07 bits per heavy atom. The Morgan fingerprint density at radius 1 is 1.27 bits per heavy atom. The third kappa shape index (κ3) is 5.07. The minimum absolute atomic E-state index is 0.0820. The number of nitro benzene ring substituents is 1. The molecule has 0 saturated carbocycles. The number of hydrogen-bond acceptors (Lipinski definition) is 6. The summed E-state index contributed by atoms with van der Waals surface area (Å²) in [5.41, 5.74) is 0.449. The lowest BCUT2D eigenvalue weighted by molar-refractivity contribution is -0.384. The van der Waals surface area contributed by atoms with E-state index in [1.807, 2.05) is 13.8 Å². The fourth-order valence-electron chi connectivity index (χ4n) is 2.82. The summed E-state index contributed by atoms with van der Waals surface area (Å²) in [5.74, 6) is -0.313. The molecular weight excluding hydrogens is 390 g/mol. The second-order valence-corrected chi connectivity index (χ2v) is 7.04. The fourth-order valence-corrected chi connectivity index (χ4v) is 2.82. The van der Waals surface area contributed by atoms with Crippen LogP contribution in [-0.4, -0.2) is 42.8 Å². The molecule has 0 radical (unpaired) electrons. The Kier molecular flexibility index (Phi) is 6.20. The highest BCUT2D eigenvalue weighted by Gasteiger charge is 2.24. The highest BCUT2D eigenvalue weighted by Crippen LogP contribution is 2.16. The molecule has 2 amide bonds. The van der Waals surface area contributed by atoms with Crippen LogP contribution in [0.1, 0.15) is 30.8 Å². The third-order valence-corrected chi connectivity index (χ3v) is 4.21. The van der Waals surface area contributed by atoms with E-state index in [2.05, 4.69) is 25.9 Å². The number of rotatable bonds is 8. The molecule has 11 nitrogen and oxygen atoms in total. The number of carbonyl (C=O) groups is 2. The first-order valence-corrected chi connectivity index (χ1v) is 9.25. The molecule has 30 heavy (non-hydrogen) atoms. The second-order valence-electron chi connectivity index (χ2n) is 7.04. The maximum atomic E-state index is 12.7. The topological polar surface area (TPSA) is 148 Å². The van der Waals surface area contributed by atoms with Gasteiger partial charge in [0.2, 0.25) is 5.91 Å². The Hall–Kier alpha value is -4.02. The summed E-state index contributed by atoms with van der Waals surface area (Å²) in [4.78, 5) is 35.7. The summed E-state index contributed by atoms with van der Waals surface area (Å²) in [7, 11) is 0. The van der Waals surface area contributed by atoms with Gasteiger partial charge in [0, 0.05) is 24.4 Å². The maximum absolute atomic E-state index is 12.7. The van der Waals surface area contributed by atoms with Crippen LogP contribution in [0.2, 0.25) is 0 Å². The van der Waals surface area contributed by atoms with Crippen LogP contribution >= 0.6 is 0 Å². The van der Waals surface area contributed by atoms with Crippen LogP contribution in [0.3, 0.4) is 0 Å². The van der Waals surface area contributed by atoms with Crippen LogP contribution in [0.25, 0.3) is 5.69 Å². The van der Waals surface area contributed by atoms with Crippen LogP contribution in [0.5, 0.6) is 0 Å². The number of benzene rings is 1. The van der Waals surface area contributed by atoms with Crippen LogP contribution < -0.4 is 10.6 Å². The van der Waals surface area contributed by atoms with Gasteiger partial charge in [-0.05, 0) is 24.5 Å². The number of non-ortho nitro benzene ring substituents is 1. The molecule has 156 valence electrons. The molecule has 0 saturated heterocycles. The Bertz CT molecular complexity index is 1040. The van der Waals surface area contributed by atoms with Gasteiger partial charge in [-0.15, -0.1) is 0 Å². The average Bonchev–Trinajstić information content (AvgIpc) is 3.39. The molecule has 0 fully saturated rings. The second kappa shape index (κ2) is 8.99. The molecule has 11 heteroatoms. The molecule has 3 N–H and O–H groups in total. The van der Waals surface area contributed by atoms with Crippen molar-refractivity contribution in [3.63, 3.8) is 0 Å². The van der Waals surface area contributed by atoms with Crippen molar-refractivity contribution in [3.8, 4) is 5.69 Å². The number of aromatic nitrogens is 4. The number of anilines is 1. The SMILES string of the molecule is CC(C)CC(NC(=O)c1ccn(-c2cccc([N+](=O)[O-])c2)n1)C(=O)Nc1ccn[nH]1. The molecule has 1 unspecified atom stereocenters. The van der Waals surface area contributed by atoms with Crippen molar-refractivity contribution in [2.24, 2.45) is 5.92 Å². The van der Waals surface area contributed by atoms with Crippen LogP contribution in [-0.2, 0) is 4.79 Å². The van der Waals surface area contributed by atoms with Crippen molar-refractivity contribution in [1.29, 1.82) is 0 Å². The molecule has 2 heterocycles. The standard InChI is InChI=1S/C19H21N7O4/c1-12(2)10-16(19(28)22-17-6-8-20-23-17)21-18(27)15-7-9-25(24-15)13-4-3-5-14(11-13)26(29)30/h3-9,11-12,16H,10H2,1-2H3,(H,21,27)(H2,20,22,23,28). The molecular formula is C19H21N7O4. The van der Waals surface area contributed by atoms with Crippen molar-refractivity contribution in [2.75, 3.05) is 5.32 Å². The van der Waals surface area contributed by atoms with Gasteiger partial charge < -0.3 is 10.6 Å². The zero-order valence-electron chi connectivity index (χ0n) is 16.4. The minimum atomic E-state index is -0.774. The van der Waals surface area contributed by atoms with E-state index in [1.165, 1.54) is 41.3 Å². The lowest BCUT2D eigenvalue weighted by Crippen LogP contribution is -2.44. The predicted octanol–water partition coefficient (Wildman–Crippen LogP) is 2.29. The Morgan fingerprint density at radius 3 is 2.73 bits per heavy atom. The fraction of sp³-hybridized carbons (Fsp3) is 0.263. The first-order valence-electron chi connectivity index (χ1n) is 9.25. The van der Waals surface area contributed by atoms with E-state index in [1.54, 1.807) is 12.1 Å². The monoisotopic (exact) mass is 411 g/mol. The van der Waals surface area contributed by atoms with E-state index in [0.717, 1.165) is 0 Å². The van der Waals surface area contributed by atoms with Gasteiger partial charge in [-0.2, -0.15) is 10.2 Å². The zero-order valence-corrected chi connectivity index (χ0v) is 16.4. The lowest BCUT2D eigenvalue weighted by atomic mass is 10.0. The first kappa shape index (κ1) is 20.7. The summed E-state index contributed by atoms with van der Waals surface area (Å²) in [6.45, 7) is 3.89. The van der Waals surface area contributed by atoms with Crippen molar-refractivity contribution in [3.05, 3.63) is 64.6 Å². The van der Waals surface area contributed by atoms with E-state index in [4.69, 9.17) is 0 Å². The van der Waals surface area contributed by atoms with Crippen molar-refractivity contribution in [2.45, 2.75) is 26.3 Å². The van der Waals surface area contributed by atoms with Gasteiger partial charge in [-0.3, -0.25) is 24.8 Å². The van der Waals surface area contributed by atoms with Gasteiger partial charge in [-0.1, -0.05) is 19.9 Å². The quantitative estimate of drug-likeness (QED) is 0.383. The molecule has 0 aliphatic heterocycles. The van der Waals surface area contributed by atoms with Crippen molar-refractivity contribution >= 4 is 23.3 Å². The summed E-state index contributed by atoms with van der Waals surface area (Å²) in [6, 6.07) is 8.21. The molecule has 0 spiro atoms. The van der Waals surface area contributed by atoms with E-state index in [9.17, 15) is 19.7 Å². The van der Waals surface area contributed by atoms with Gasteiger partial charge in [-0.25, -0.2) is 4.68 Å². The Balaban J connectivity index is 1.74. The van der Waals surface area contributed by atoms with Gasteiger partial charge >= 0.3 is 0 Å². The highest BCUT2D eigenvalue weighted by atomic mass is 16.6. The minimum Gasteiger partial charge on any atom is -0.339 e. The number of aromatic amines is 1. The molecule has 2 aromatic heterocycles. The number of H-pyrrole nitrogens is 1. The van der Waals surface area contributed by atoms with Gasteiger partial charge in [0.25, 0.3) is 11.6 Å². The number of nitro groups is 1. The number of hydrogen-bond donors (Lipinski definition) is 3. The van der Waals surface area contributed by atoms with Crippen molar-refractivity contribution < 1.29 is 14.5 Å². The normalized spacial score (nSPS) is 11.8. The zero-order chi connectivity index (χ0) is 21.7. The van der Waals surface area contributed by atoms with Gasteiger partial charge in [0.05, 0.1) is 16.8 Å². The molecule has 0 aliphatic rings. The molecule has 3 aromatic rings. The maximum Gasteiger partial charge on any atom is 0.272 e. The highest BCUT2D eigenvalue weighted by molar-refractivity contribution is 6.00. The summed E-state index contributed by atoms with van der Waals surface area (Å²) >= 11 is 0. The molecule has 1 atom stereocenters. The number of amides is 2. The smallest absolute Gasteiger partial charge is 0.272 e. The van der Waals surface area contributed by atoms with Gasteiger partial charge in [0.15, 0.2) is 5.69 Å². The van der Waals surface area contributed by atoms with Gasteiger partial charge in [0.1, 0.15) is 11.9 Å². The number of nitrogens with one attached hydrogen (secondary N) is 3. The third-order valence-electron chi connectivity index (χ3n) is 4.21. The van der Waals surface area contributed by atoms with Crippen LogP contribution in [0.15, 0.2) is 48.8 Å². The van der Waals surface area contributed by atoms with Crippen molar-refractivity contribution in [1.82, 2.24) is 25.3 Å². The molecule has 0 aliphatic carbocycles. The number of carbonyl (C=O) groups excluding carboxylic acids is 2. The van der Waals surface area contributed by atoms with E-state index >= 15 is 0 Å². The summed E-state index contributed by atoms with van der Waals surface area (Å²) < 4.78 is 1.37.